The van der Waals surface area contributed by atoms with E-state index in [1.807, 2.05) is 25.1 Å². The molecule has 0 aliphatic carbocycles. The highest BCUT2D eigenvalue weighted by molar-refractivity contribution is 6.32. The lowest BCUT2D eigenvalue weighted by Crippen LogP contribution is -2.37. The molecule has 0 bridgehead atoms. The molecule has 1 N–H and O–H groups in total. The lowest BCUT2D eigenvalue weighted by atomic mass is 10.0. The van der Waals surface area contributed by atoms with Crippen molar-refractivity contribution in [2.24, 2.45) is 0 Å². The Bertz CT molecular complexity index is 700. The topological polar surface area (TPSA) is 38.3 Å². The van der Waals surface area contributed by atoms with Gasteiger partial charge in [0.15, 0.2) is 6.10 Å². The van der Waals surface area contributed by atoms with Crippen LogP contribution in [0.25, 0.3) is 0 Å². The van der Waals surface area contributed by atoms with Crippen LogP contribution in [-0.2, 0) is 4.79 Å². The molecule has 0 aliphatic heterocycles. The second-order valence-corrected chi connectivity index (χ2v) is 6.17. The van der Waals surface area contributed by atoms with Crippen molar-refractivity contribution in [2.45, 2.75) is 39.8 Å². The third-order valence-corrected chi connectivity index (χ3v) is 4.21. The Morgan fingerprint density at radius 1 is 1.09 bits per heavy atom. The van der Waals surface area contributed by atoms with Crippen LogP contribution < -0.4 is 10.1 Å². The number of ether oxygens (including phenoxy) is 1. The number of rotatable bonds is 5. The normalized spacial score (nSPS) is 13.3. The zero-order valence-corrected chi connectivity index (χ0v) is 14.6. The van der Waals surface area contributed by atoms with Crippen LogP contribution in [0.4, 0.5) is 0 Å². The van der Waals surface area contributed by atoms with Gasteiger partial charge in [-0.05, 0) is 56.5 Å². The zero-order valence-electron chi connectivity index (χ0n) is 13.9. The van der Waals surface area contributed by atoms with Gasteiger partial charge in [-0.1, -0.05) is 41.9 Å². The third kappa shape index (κ3) is 4.49. The minimum absolute atomic E-state index is 0.0842. The van der Waals surface area contributed by atoms with E-state index in [-0.39, 0.29) is 11.9 Å². The van der Waals surface area contributed by atoms with E-state index in [1.165, 1.54) is 11.1 Å². The maximum Gasteiger partial charge on any atom is 0.261 e. The Balaban J connectivity index is 2.00. The molecular formula is C19H22ClNO2. The van der Waals surface area contributed by atoms with Crippen LogP contribution in [0.2, 0.25) is 5.02 Å². The summed E-state index contributed by atoms with van der Waals surface area (Å²) in [6.45, 7) is 7.81. The van der Waals surface area contributed by atoms with Crippen LogP contribution in [-0.4, -0.2) is 12.0 Å². The first-order chi connectivity index (χ1) is 10.9. The van der Waals surface area contributed by atoms with E-state index in [9.17, 15) is 4.79 Å². The van der Waals surface area contributed by atoms with E-state index < -0.39 is 6.10 Å². The first-order valence-electron chi connectivity index (χ1n) is 7.67. The Kier molecular flexibility index (Phi) is 5.67. The van der Waals surface area contributed by atoms with Gasteiger partial charge < -0.3 is 10.1 Å². The third-order valence-electron chi connectivity index (χ3n) is 3.90. The minimum atomic E-state index is -0.621. The highest BCUT2D eigenvalue weighted by Gasteiger charge is 2.18. The smallest absolute Gasteiger partial charge is 0.261 e. The van der Waals surface area contributed by atoms with Crippen LogP contribution in [0.15, 0.2) is 42.5 Å². The van der Waals surface area contributed by atoms with E-state index in [2.05, 4.69) is 31.3 Å². The molecule has 0 spiro atoms. The van der Waals surface area contributed by atoms with Crippen molar-refractivity contribution >= 4 is 17.5 Å². The van der Waals surface area contributed by atoms with Crippen molar-refractivity contribution in [3.8, 4) is 5.75 Å². The van der Waals surface area contributed by atoms with E-state index in [1.54, 1.807) is 19.1 Å². The number of aryl methyl sites for hydroxylation is 2. The molecule has 122 valence electrons. The molecule has 23 heavy (non-hydrogen) atoms. The summed E-state index contributed by atoms with van der Waals surface area (Å²) in [5.74, 6) is 0.339. The molecule has 2 aromatic rings. The van der Waals surface area contributed by atoms with Gasteiger partial charge in [0.25, 0.3) is 5.91 Å². The van der Waals surface area contributed by atoms with Gasteiger partial charge in [0, 0.05) is 0 Å². The van der Waals surface area contributed by atoms with Crippen molar-refractivity contribution in [3.05, 3.63) is 64.2 Å². The van der Waals surface area contributed by atoms with Crippen molar-refractivity contribution in [1.29, 1.82) is 0 Å². The maximum absolute atomic E-state index is 12.3. The molecule has 4 heteroatoms. The second-order valence-electron chi connectivity index (χ2n) is 5.76. The van der Waals surface area contributed by atoms with E-state index in [0.29, 0.717) is 10.8 Å². The molecule has 2 aromatic carbocycles. The summed E-state index contributed by atoms with van der Waals surface area (Å²) in [6.07, 6.45) is -0.621. The number of para-hydroxylation sites is 1. The summed E-state index contributed by atoms with van der Waals surface area (Å²) in [4.78, 5) is 12.3. The Labute approximate surface area is 142 Å². The standard InChI is InChI=1S/C19H22ClNO2/c1-12-9-10-16(11-13(12)2)14(3)21-19(22)15(4)23-18-8-6-5-7-17(18)20/h5-11,14-15H,1-4H3,(H,21,22)/t14-,15+/m0/s1. The fourth-order valence-corrected chi connectivity index (χ4v) is 2.41. The van der Waals surface area contributed by atoms with E-state index in [0.717, 1.165) is 5.56 Å². The molecule has 0 aliphatic rings. The first kappa shape index (κ1) is 17.4. The number of hydrogen-bond donors (Lipinski definition) is 1. The summed E-state index contributed by atoms with van der Waals surface area (Å²) in [5.41, 5.74) is 3.53. The van der Waals surface area contributed by atoms with Gasteiger partial charge in [-0.3, -0.25) is 4.79 Å². The Morgan fingerprint density at radius 2 is 1.78 bits per heavy atom. The highest BCUT2D eigenvalue weighted by Crippen LogP contribution is 2.24. The monoisotopic (exact) mass is 331 g/mol. The van der Waals surface area contributed by atoms with Crippen molar-refractivity contribution < 1.29 is 9.53 Å². The molecule has 0 unspecified atom stereocenters. The van der Waals surface area contributed by atoms with Crippen LogP contribution in [0.3, 0.4) is 0 Å². The van der Waals surface area contributed by atoms with Crippen LogP contribution >= 0.6 is 11.6 Å². The van der Waals surface area contributed by atoms with Gasteiger partial charge in [-0.25, -0.2) is 0 Å². The number of hydrogen-bond acceptors (Lipinski definition) is 2. The molecule has 2 rings (SSSR count). The van der Waals surface area contributed by atoms with Gasteiger partial charge in [0.1, 0.15) is 5.75 Å². The zero-order chi connectivity index (χ0) is 17.0. The van der Waals surface area contributed by atoms with Gasteiger partial charge in [0.2, 0.25) is 0 Å². The summed E-state index contributed by atoms with van der Waals surface area (Å²) in [5, 5.41) is 3.47. The fourth-order valence-electron chi connectivity index (χ4n) is 2.23. The van der Waals surface area contributed by atoms with E-state index >= 15 is 0 Å². The average molecular weight is 332 g/mol. The lowest BCUT2D eigenvalue weighted by molar-refractivity contribution is -0.127. The molecule has 0 saturated heterocycles. The molecular weight excluding hydrogens is 310 g/mol. The largest absolute Gasteiger partial charge is 0.479 e. The minimum Gasteiger partial charge on any atom is -0.479 e. The molecule has 0 heterocycles. The highest BCUT2D eigenvalue weighted by atomic mass is 35.5. The first-order valence-corrected chi connectivity index (χ1v) is 8.05. The number of carbonyl (C=O) groups excluding carboxylic acids is 1. The number of benzene rings is 2. The van der Waals surface area contributed by atoms with Gasteiger partial charge in [0.05, 0.1) is 11.1 Å². The number of amides is 1. The Hall–Kier alpha value is -2.00. The molecule has 2 atom stereocenters. The Morgan fingerprint density at radius 3 is 2.43 bits per heavy atom. The number of carbonyl (C=O) groups is 1. The van der Waals surface area contributed by atoms with Gasteiger partial charge in [-0.15, -0.1) is 0 Å². The number of halogens is 1. The van der Waals surface area contributed by atoms with E-state index in [4.69, 9.17) is 16.3 Å². The maximum atomic E-state index is 12.3. The van der Waals surface area contributed by atoms with Crippen LogP contribution in [0.5, 0.6) is 5.75 Å². The van der Waals surface area contributed by atoms with Gasteiger partial charge in [-0.2, -0.15) is 0 Å². The molecule has 0 aromatic heterocycles. The van der Waals surface area contributed by atoms with Gasteiger partial charge >= 0.3 is 0 Å². The molecule has 0 saturated carbocycles. The summed E-state index contributed by atoms with van der Waals surface area (Å²) >= 11 is 6.05. The predicted molar refractivity (Wildman–Crippen MR) is 94.0 cm³/mol. The second kappa shape index (κ2) is 7.51. The average Bonchev–Trinajstić information content (AvgIpc) is 2.52. The summed E-state index contributed by atoms with van der Waals surface area (Å²) < 4.78 is 5.64. The number of nitrogens with one attached hydrogen (secondary N) is 1. The molecule has 0 radical (unpaired) electrons. The van der Waals surface area contributed by atoms with Crippen molar-refractivity contribution in [3.63, 3.8) is 0 Å². The quantitative estimate of drug-likeness (QED) is 0.869. The van der Waals surface area contributed by atoms with Crippen molar-refractivity contribution in [2.75, 3.05) is 0 Å². The molecule has 1 amide bonds. The predicted octanol–water partition coefficient (Wildman–Crippen LogP) is 4.60. The lowest BCUT2D eigenvalue weighted by Gasteiger charge is -2.20. The SMILES string of the molecule is Cc1ccc([C@H](C)NC(=O)[C@@H](C)Oc2ccccc2Cl)cc1C. The molecule has 3 nitrogen and oxygen atoms in total. The van der Waals surface area contributed by atoms with Crippen molar-refractivity contribution in [1.82, 2.24) is 5.32 Å². The fraction of sp³-hybridized carbons (Fsp3) is 0.316. The van der Waals surface area contributed by atoms with Crippen LogP contribution in [0, 0.1) is 13.8 Å². The summed E-state index contributed by atoms with van der Waals surface area (Å²) in [7, 11) is 0. The molecule has 0 fully saturated rings. The van der Waals surface area contributed by atoms with Crippen LogP contribution in [0.1, 0.15) is 36.6 Å². The summed E-state index contributed by atoms with van der Waals surface area (Å²) in [6, 6.07) is 13.2.